The van der Waals surface area contributed by atoms with Gasteiger partial charge in [-0.15, -0.1) is 0 Å². The molecule has 0 amide bonds. The lowest BCUT2D eigenvalue weighted by molar-refractivity contribution is -0.142. The number of ether oxygens (including phenoxy) is 1. The molecular formula is C12H24O4Si. The Morgan fingerprint density at radius 3 is 2.12 bits per heavy atom. The fraction of sp³-hybridized carbons (Fsp3) is 0.750. The fourth-order valence-electron chi connectivity index (χ4n) is 1.36. The second-order valence-corrected chi connectivity index (χ2v) is 5.94. The molecule has 0 spiro atoms. The summed E-state index contributed by atoms with van der Waals surface area (Å²) in [5.74, 6) is -0.361. The monoisotopic (exact) mass is 260 g/mol. The van der Waals surface area contributed by atoms with E-state index in [9.17, 15) is 4.79 Å². The number of carbonyl (C=O) groups excluding carboxylic acids is 1. The van der Waals surface area contributed by atoms with Gasteiger partial charge in [-0.1, -0.05) is 19.9 Å². The zero-order chi connectivity index (χ0) is 13.3. The van der Waals surface area contributed by atoms with Crippen LogP contribution in [-0.4, -0.2) is 34.2 Å². The Balaban J connectivity index is 4.53. The predicted octanol–water partition coefficient (Wildman–Crippen LogP) is 2.11. The van der Waals surface area contributed by atoms with Crippen molar-refractivity contribution in [3.8, 4) is 0 Å². The average molecular weight is 260 g/mol. The largest absolute Gasteiger partial charge is 0.457 e. The van der Waals surface area contributed by atoms with E-state index in [1.54, 1.807) is 6.92 Å². The molecule has 0 N–H and O–H groups in total. The second-order valence-electron chi connectivity index (χ2n) is 3.79. The first-order chi connectivity index (χ1) is 8.06. The molecule has 100 valence electrons. The molecule has 0 rings (SSSR count). The van der Waals surface area contributed by atoms with E-state index in [0.29, 0.717) is 18.8 Å². The summed E-state index contributed by atoms with van der Waals surface area (Å²) in [5, 5.41) is 0. The van der Waals surface area contributed by atoms with E-state index in [4.69, 9.17) is 13.6 Å². The number of carbonyl (C=O) groups is 1. The first kappa shape index (κ1) is 16.3. The third kappa shape index (κ3) is 6.60. The van der Waals surface area contributed by atoms with Crippen LogP contribution < -0.4 is 0 Å². The van der Waals surface area contributed by atoms with Crippen molar-refractivity contribution in [1.82, 2.24) is 0 Å². The van der Waals surface area contributed by atoms with Gasteiger partial charge in [0.15, 0.2) is 0 Å². The van der Waals surface area contributed by atoms with Gasteiger partial charge in [-0.05, 0) is 27.2 Å². The van der Waals surface area contributed by atoms with Crippen LogP contribution in [0.25, 0.3) is 0 Å². The minimum atomic E-state index is -1.95. The molecule has 0 aliphatic heterocycles. The van der Waals surface area contributed by atoms with Gasteiger partial charge < -0.3 is 13.6 Å². The standard InChI is InChI=1S/C12H24O4Si/c1-6-9-11(16-12(13)10(4)5)17(14-7-2)15-8-3/h11,17H,4,6-9H2,1-3,5H3. The lowest BCUT2D eigenvalue weighted by Gasteiger charge is -2.24. The summed E-state index contributed by atoms with van der Waals surface area (Å²) in [7, 11) is -1.95. The third-order valence-corrected chi connectivity index (χ3v) is 4.55. The molecule has 0 aromatic rings. The van der Waals surface area contributed by atoms with Crippen LogP contribution in [0.5, 0.6) is 0 Å². The van der Waals surface area contributed by atoms with Crippen LogP contribution in [0.4, 0.5) is 0 Å². The second kappa shape index (κ2) is 9.38. The van der Waals surface area contributed by atoms with Crippen molar-refractivity contribution in [3.05, 3.63) is 12.2 Å². The summed E-state index contributed by atoms with van der Waals surface area (Å²) >= 11 is 0. The lowest BCUT2D eigenvalue weighted by atomic mass is 10.3. The summed E-state index contributed by atoms with van der Waals surface area (Å²) in [4.78, 5) is 11.5. The van der Waals surface area contributed by atoms with Gasteiger partial charge in [0.25, 0.3) is 0 Å². The summed E-state index contributed by atoms with van der Waals surface area (Å²) in [5.41, 5.74) is 0.177. The minimum Gasteiger partial charge on any atom is -0.457 e. The Hall–Kier alpha value is -0.653. The van der Waals surface area contributed by atoms with Crippen molar-refractivity contribution in [3.63, 3.8) is 0 Å². The van der Waals surface area contributed by atoms with Crippen LogP contribution in [0.2, 0.25) is 0 Å². The van der Waals surface area contributed by atoms with Crippen molar-refractivity contribution in [1.29, 1.82) is 0 Å². The molecule has 1 unspecified atom stereocenters. The Kier molecular flexibility index (Phi) is 9.02. The SMILES string of the molecule is C=C(C)C(=O)OC(CCC)[SiH](OCC)OCC. The predicted molar refractivity (Wildman–Crippen MR) is 70.0 cm³/mol. The van der Waals surface area contributed by atoms with Crippen molar-refractivity contribution in [2.75, 3.05) is 13.2 Å². The molecule has 0 saturated heterocycles. The molecule has 0 aromatic carbocycles. The summed E-state index contributed by atoms with van der Waals surface area (Å²) < 4.78 is 16.6. The van der Waals surface area contributed by atoms with Crippen molar-refractivity contribution < 1.29 is 18.4 Å². The van der Waals surface area contributed by atoms with Crippen LogP contribution in [0.1, 0.15) is 40.5 Å². The van der Waals surface area contributed by atoms with Crippen LogP contribution in [0, 0.1) is 0 Å². The molecule has 1 atom stereocenters. The number of rotatable bonds is 9. The molecule has 5 heteroatoms. The molecule has 0 aromatic heterocycles. The zero-order valence-electron chi connectivity index (χ0n) is 11.3. The summed E-state index contributed by atoms with van der Waals surface area (Å²) in [6.07, 6.45) is 1.70. The summed E-state index contributed by atoms with van der Waals surface area (Å²) in [6, 6.07) is 0. The molecule has 0 fully saturated rings. The summed E-state index contributed by atoms with van der Waals surface area (Å²) in [6.45, 7) is 12.3. The van der Waals surface area contributed by atoms with Gasteiger partial charge in [0.2, 0.25) is 0 Å². The quantitative estimate of drug-likeness (QED) is 0.362. The van der Waals surface area contributed by atoms with Crippen LogP contribution in [0.15, 0.2) is 12.2 Å². The topological polar surface area (TPSA) is 44.8 Å². The Bertz CT molecular complexity index is 237. The molecule has 0 heterocycles. The van der Waals surface area contributed by atoms with E-state index < -0.39 is 9.28 Å². The van der Waals surface area contributed by atoms with Gasteiger partial charge in [0.05, 0.1) is 0 Å². The van der Waals surface area contributed by atoms with E-state index in [2.05, 4.69) is 6.58 Å². The molecular weight excluding hydrogens is 236 g/mol. The molecule has 17 heavy (non-hydrogen) atoms. The first-order valence-electron chi connectivity index (χ1n) is 6.16. The Morgan fingerprint density at radius 2 is 1.76 bits per heavy atom. The van der Waals surface area contributed by atoms with Crippen molar-refractivity contribution in [2.24, 2.45) is 0 Å². The van der Waals surface area contributed by atoms with Crippen LogP contribution >= 0.6 is 0 Å². The highest BCUT2D eigenvalue weighted by atomic mass is 28.3. The minimum absolute atomic E-state index is 0.232. The van der Waals surface area contributed by atoms with Gasteiger partial charge >= 0.3 is 15.3 Å². The fourth-order valence-corrected chi connectivity index (χ4v) is 3.39. The van der Waals surface area contributed by atoms with E-state index >= 15 is 0 Å². The molecule has 0 radical (unpaired) electrons. The third-order valence-electron chi connectivity index (χ3n) is 2.15. The maximum atomic E-state index is 11.5. The Morgan fingerprint density at radius 1 is 1.24 bits per heavy atom. The maximum absolute atomic E-state index is 11.5. The molecule has 0 bridgehead atoms. The zero-order valence-corrected chi connectivity index (χ0v) is 12.5. The number of hydrogen-bond donors (Lipinski definition) is 0. The molecule has 0 saturated carbocycles. The van der Waals surface area contributed by atoms with Gasteiger partial charge in [-0.3, -0.25) is 0 Å². The first-order valence-corrected chi connectivity index (χ1v) is 7.77. The highest BCUT2D eigenvalue weighted by molar-refractivity contribution is 6.46. The molecule has 4 nitrogen and oxygen atoms in total. The van der Waals surface area contributed by atoms with Crippen LogP contribution in [0.3, 0.4) is 0 Å². The van der Waals surface area contributed by atoms with Gasteiger partial charge in [-0.25, -0.2) is 4.79 Å². The van der Waals surface area contributed by atoms with Crippen molar-refractivity contribution >= 4 is 15.3 Å². The van der Waals surface area contributed by atoms with Crippen LogP contribution in [-0.2, 0) is 18.4 Å². The number of hydrogen-bond acceptors (Lipinski definition) is 4. The highest BCUT2D eigenvalue weighted by Crippen LogP contribution is 2.11. The normalized spacial score (nSPS) is 12.5. The van der Waals surface area contributed by atoms with Gasteiger partial charge in [0.1, 0.15) is 5.73 Å². The van der Waals surface area contributed by atoms with E-state index in [1.807, 2.05) is 20.8 Å². The highest BCUT2D eigenvalue weighted by Gasteiger charge is 2.29. The lowest BCUT2D eigenvalue weighted by Crippen LogP contribution is -2.40. The van der Waals surface area contributed by atoms with E-state index in [0.717, 1.165) is 12.8 Å². The molecule has 0 aliphatic rings. The Labute approximate surface area is 106 Å². The molecule has 0 aliphatic carbocycles. The van der Waals surface area contributed by atoms with E-state index in [1.165, 1.54) is 0 Å². The van der Waals surface area contributed by atoms with Gasteiger partial charge in [0, 0.05) is 18.8 Å². The van der Waals surface area contributed by atoms with Gasteiger partial charge in [-0.2, -0.15) is 0 Å². The van der Waals surface area contributed by atoms with E-state index in [-0.39, 0.29) is 11.7 Å². The smallest absolute Gasteiger partial charge is 0.363 e. The average Bonchev–Trinajstić information content (AvgIpc) is 2.28. The number of esters is 1. The van der Waals surface area contributed by atoms with Crippen molar-refractivity contribution in [2.45, 2.75) is 46.3 Å². The maximum Gasteiger partial charge on any atom is 0.363 e.